The maximum atomic E-state index is 5.78. The maximum absolute atomic E-state index is 5.78. The number of hydrogen-bond acceptors (Lipinski definition) is 4. The molecule has 0 amide bonds. The van der Waals surface area contributed by atoms with Crippen molar-refractivity contribution in [1.82, 2.24) is 15.6 Å². The Hall–Kier alpha value is -2.51. The first-order valence-corrected chi connectivity index (χ1v) is 8.47. The molecule has 2 aromatic rings. The Kier molecular flexibility index (Phi) is 7.81. The lowest BCUT2D eigenvalue weighted by molar-refractivity contribution is 0.0431. The minimum Gasteiger partial charge on any atom is -0.376 e. The summed E-state index contributed by atoms with van der Waals surface area (Å²) >= 11 is 4.90. The lowest BCUT2D eigenvalue weighted by Crippen LogP contribution is -2.47. The molecule has 0 bridgehead atoms. The van der Waals surface area contributed by atoms with Gasteiger partial charge in [-0.3, -0.25) is 9.98 Å². The second-order valence-electron chi connectivity index (χ2n) is 5.37. The van der Waals surface area contributed by atoms with Crippen LogP contribution < -0.4 is 16.4 Å². The molecule has 0 aliphatic heterocycles. The number of benzene rings is 1. The van der Waals surface area contributed by atoms with Crippen molar-refractivity contribution in [3.05, 3.63) is 66.0 Å². The van der Waals surface area contributed by atoms with E-state index in [2.05, 4.69) is 20.6 Å². The smallest absolute Gasteiger partial charge is 0.199 e. The number of ether oxygens (including phenoxy) is 1. The molecular formula is C18H23N5OS. The van der Waals surface area contributed by atoms with E-state index in [4.69, 9.17) is 22.7 Å². The van der Waals surface area contributed by atoms with Crippen LogP contribution in [0.25, 0.3) is 0 Å². The molecule has 0 saturated heterocycles. The van der Waals surface area contributed by atoms with E-state index in [1.807, 2.05) is 55.5 Å². The zero-order valence-corrected chi connectivity index (χ0v) is 15.0. The molecule has 0 saturated carbocycles. The first-order valence-electron chi connectivity index (χ1n) is 8.06. The number of guanidine groups is 1. The number of hydrogen-bond donors (Lipinski definition) is 3. The van der Waals surface area contributed by atoms with Crippen molar-refractivity contribution in [2.45, 2.75) is 26.2 Å². The van der Waals surface area contributed by atoms with E-state index >= 15 is 0 Å². The number of aromatic nitrogens is 1. The summed E-state index contributed by atoms with van der Waals surface area (Å²) in [4.78, 5) is 8.74. The average molecular weight is 357 g/mol. The van der Waals surface area contributed by atoms with Crippen LogP contribution in [-0.4, -0.2) is 28.8 Å². The van der Waals surface area contributed by atoms with Crippen molar-refractivity contribution in [2.24, 2.45) is 10.7 Å². The van der Waals surface area contributed by atoms with Gasteiger partial charge in [-0.1, -0.05) is 36.4 Å². The van der Waals surface area contributed by atoms with Gasteiger partial charge in [0.25, 0.3) is 0 Å². The van der Waals surface area contributed by atoms with Crippen LogP contribution >= 0.6 is 12.2 Å². The Morgan fingerprint density at radius 2 is 2.00 bits per heavy atom. The van der Waals surface area contributed by atoms with E-state index in [1.54, 1.807) is 6.20 Å². The molecule has 4 N–H and O–H groups in total. The van der Waals surface area contributed by atoms with Crippen molar-refractivity contribution in [2.75, 3.05) is 6.54 Å². The van der Waals surface area contributed by atoms with Crippen LogP contribution in [0.2, 0.25) is 0 Å². The van der Waals surface area contributed by atoms with E-state index in [-0.39, 0.29) is 11.3 Å². The second-order valence-corrected chi connectivity index (χ2v) is 5.81. The lowest BCUT2D eigenvalue weighted by Gasteiger charge is -2.18. The lowest BCUT2D eigenvalue weighted by atomic mass is 10.2. The van der Waals surface area contributed by atoms with Gasteiger partial charge in [-0.25, -0.2) is 0 Å². The molecule has 1 atom stereocenters. The van der Waals surface area contributed by atoms with Crippen LogP contribution in [0.5, 0.6) is 0 Å². The topological polar surface area (TPSA) is 84.6 Å². The molecule has 2 rings (SSSR count). The Morgan fingerprint density at radius 1 is 1.24 bits per heavy atom. The molecule has 0 radical (unpaired) electrons. The fourth-order valence-electron chi connectivity index (χ4n) is 2.10. The molecule has 1 aromatic heterocycles. The summed E-state index contributed by atoms with van der Waals surface area (Å²) in [5, 5.41) is 6.13. The molecular weight excluding hydrogens is 334 g/mol. The number of thiocarbonyl (C=S) groups is 1. The van der Waals surface area contributed by atoms with Crippen LogP contribution in [0.15, 0.2) is 59.7 Å². The predicted octanol–water partition coefficient (Wildman–Crippen LogP) is 1.97. The standard InChI is InChI=1S/C18H23N5OS/c1-14(24-13-15-7-3-2-4-8-15)22-18(23-17(19)25)21-12-10-16-9-5-6-11-20-16/h2-9,11,14H,10,12-13H2,1H3,(H4,19,21,22,23,25). The summed E-state index contributed by atoms with van der Waals surface area (Å²) < 4.78 is 5.78. The first-order chi connectivity index (χ1) is 12.1. The zero-order valence-electron chi connectivity index (χ0n) is 14.2. The van der Waals surface area contributed by atoms with E-state index in [0.29, 0.717) is 19.1 Å². The highest BCUT2D eigenvalue weighted by atomic mass is 32.1. The molecule has 1 aromatic carbocycles. The van der Waals surface area contributed by atoms with Gasteiger partial charge in [-0.2, -0.15) is 0 Å². The number of nitrogens with two attached hydrogens (primary N) is 1. The van der Waals surface area contributed by atoms with Gasteiger partial charge in [-0.15, -0.1) is 0 Å². The third-order valence-electron chi connectivity index (χ3n) is 3.29. The Morgan fingerprint density at radius 3 is 2.68 bits per heavy atom. The fraction of sp³-hybridized carbons (Fsp3) is 0.278. The predicted molar refractivity (Wildman–Crippen MR) is 104 cm³/mol. The van der Waals surface area contributed by atoms with Gasteiger partial charge in [0.2, 0.25) is 0 Å². The largest absolute Gasteiger partial charge is 0.376 e. The third kappa shape index (κ3) is 7.73. The summed E-state index contributed by atoms with van der Waals surface area (Å²) in [5.41, 5.74) is 7.65. The summed E-state index contributed by atoms with van der Waals surface area (Å²) in [6.07, 6.45) is 2.24. The van der Waals surface area contributed by atoms with Crippen molar-refractivity contribution >= 4 is 23.3 Å². The van der Waals surface area contributed by atoms with Gasteiger partial charge >= 0.3 is 0 Å². The summed E-state index contributed by atoms with van der Waals surface area (Å²) in [7, 11) is 0. The number of rotatable bonds is 7. The number of nitrogens with one attached hydrogen (secondary N) is 2. The molecule has 0 aliphatic rings. The van der Waals surface area contributed by atoms with Gasteiger partial charge in [0.05, 0.1) is 6.61 Å². The molecule has 1 heterocycles. The SMILES string of the molecule is CC(NC(=NCCc1ccccn1)NC(N)=S)OCc1ccccc1. The molecule has 0 fully saturated rings. The zero-order chi connectivity index (χ0) is 17.9. The Bertz CT molecular complexity index is 678. The van der Waals surface area contributed by atoms with E-state index in [0.717, 1.165) is 17.7 Å². The van der Waals surface area contributed by atoms with Crippen molar-refractivity contribution in [3.63, 3.8) is 0 Å². The monoisotopic (exact) mass is 357 g/mol. The first kappa shape index (κ1) is 18.8. The summed E-state index contributed by atoms with van der Waals surface area (Å²) in [6.45, 7) is 2.96. The van der Waals surface area contributed by atoms with Crippen LogP contribution in [0.4, 0.5) is 0 Å². The van der Waals surface area contributed by atoms with E-state index in [1.165, 1.54) is 0 Å². The second kappa shape index (κ2) is 10.4. The van der Waals surface area contributed by atoms with Crippen LogP contribution in [0.1, 0.15) is 18.2 Å². The van der Waals surface area contributed by atoms with Crippen LogP contribution in [-0.2, 0) is 17.8 Å². The van der Waals surface area contributed by atoms with E-state index < -0.39 is 0 Å². The minimum atomic E-state index is -0.254. The quantitative estimate of drug-likeness (QED) is 0.304. The molecule has 7 heteroatoms. The van der Waals surface area contributed by atoms with Crippen molar-refractivity contribution in [3.8, 4) is 0 Å². The van der Waals surface area contributed by atoms with Gasteiger partial charge < -0.3 is 21.1 Å². The highest BCUT2D eigenvalue weighted by molar-refractivity contribution is 7.80. The highest BCUT2D eigenvalue weighted by Gasteiger charge is 2.07. The maximum Gasteiger partial charge on any atom is 0.199 e. The number of pyridine rings is 1. The molecule has 6 nitrogen and oxygen atoms in total. The molecule has 0 spiro atoms. The summed E-state index contributed by atoms with van der Waals surface area (Å²) in [5.74, 6) is 0.490. The highest BCUT2D eigenvalue weighted by Crippen LogP contribution is 2.02. The van der Waals surface area contributed by atoms with Gasteiger partial charge in [0.15, 0.2) is 11.1 Å². The normalized spacial score (nSPS) is 12.4. The molecule has 0 aliphatic carbocycles. The van der Waals surface area contributed by atoms with Gasteiger partial charge in [0, 0.05) is 24.9 Å². The molecule has 1 unspecified atom stereocenters. The molecule has 25 heavy (non-hydrogen) atoms. The van der Waals surface area contributed by atoms with E-state index in [9.17, 15) is 0 Å². The van der Waals surface area contributed by atoms with Gasteiger partial charge in [0.1, 0.15) is 6.23 Å². The Balaban J connectivity index is 1.85. The Labute approximate surface area is 153 Å². The van der Waals surface area contributed by atoms with Gasteiger partial charge in [-0.05, 0) is 36.8 Å². The number of aliphatic imine (C=N–C) groups is 1. The number of nitrogens with zero attached hydrogens (tertiary/aromatic N) is 2. The van der Waals surface area contributed by atoms with Crippen molar-refractivity contribution in [1.29, 1.82) is 0 Å². The van der Waals surface area contributed by atoms with Crippen molar-refractivity contribution < 1.29 is 4.74 Å². The molecule has 132 valence electrons. The summed E-state index contributed by atoms with van der Waals surface area (Å²) in [6, 6.07) is 15.8. The third-order valence-corrected chi connectivity index (χ3v) is 3.39. The average Bonchev–Trinajstić information content (AvgIpc) is 2.61. The minimum absolute atomic E-state index is 0.152. The van der Waals surface area contributed by atoms with Crippen LogP contribution in [0, 0.1) is 0 Å². The fourth-order valence-corrected chi connectivity index (χ4v) is 2.19. The van der Waals surface area contributed by atoms with Crippen LogP contribution in [0.3, 0.4) is 0 Å².